The van der Waals surface area contributed by atoms with Crippen molar-refractivity contribution in [1.82, 2.24) is 10.2 Å². The highest BCUT2D eigenvalue weighted by atomic mass is 127. The summed E-state index contributed by atoms with van der Waals surface area (Å²) in [5.41, 5.74) is 0.962. The van der Waals surface area contributed by atoms with Gasteiger partial charge >= 0.3 is 0 Å². The van der Waals surface area contributed by atoms with Crippen LogP contribution in [0.2, 0.25) is 0 Å². The Morgan fingerprint density at radius 1 is 1.30 bits per heavy atom. The summed E-state index contributed by atoms with van der Waals surface area (Å²) in [6, 6.07) is 10.1. The van der Waals surface area contributed by atoms with E-state index in [2.05, 4.69) is 15.2 Å². The zero-order chi connectivity index (χ0) is 18.4. The average molecular weight is 486 g/mol. The van der Waals surface area contributed by atoms with Gasteiger partial charge in [-0.1, -0.05) is 12.1 Å². The molecule has 0 aliphatic carbocycles. The number of nitro benzene ring substituents is 1. The highest BCUT2D eigenvalue weighted by Gasteiger charge is 2.20. The number of aliphatic imine (C=N–C) groups is 1. The zero-order valence-electron chi connectivity index (χ0n) is 14.8. The number of nitro groups is 1. The molecule has 1 aliphatic rings. The van der Waals surface area contributed by atoms with Gasteiger partial charge in [-0.25, -0.2) is 4.99 Å². The molecule has 1 fully saturated rings. The zero-order valence-corrected chi connectivity index (χ0v) is 17.1. The van der Waals surface area contributed by atoms with E-state index in [0.717, 1.165) is 30.4 Å². The van der Waals surface area contributed by atoms with E-state index < -0.39 is 4.92 Å². The molecule has 0 atom stereocenters. The van der Waals surface area contributed by atoms with Gasteiger partial charge < -0.3 is 19.7 Å². The SMILES string of the molecule is I.O=[N+]([O-])c1ccc(CN=C(NCc2ccco2)N2CCC(O)CC2)cc1. The van der Waals surface area contributed by atoms with Crippen molar-refractivity contribution < 1.29 is 14.4 Å². The van der Waals surface area contributed by atoms with Gasteiger partial charge in [-0.15, -0.1) is 24.0 Å². The number of rotatable bonds is 5. The van der Waals surface area contributed by atoms with Crippen LogP contribution < -0.4 is 5.32 Å². The van der Waals surface area contributed by atoms with Crippen molar-refractivity contribution in [3.63, 3.8) is 0 Å². The van der Waals surface area contributed by atoms with E-state index in [-0.39, 0.29) is 35.8 Å². The Balaban J connectivity index is 0.00000261. The Kier molecular flexibility index (Phi) is 8.04. The first kappa shape index (κ1) is 21.2. The molecular weight excluding hydrogens is 463 g/mol. The average Bonchev–Trinajstić information content (AvgIpc) is 3.17. The van der Waals surface area contributed by atoms with Gasteiger partial charge in [0, 0.05) is 25.2 Å². The predicted molar refractivity (Wildman–Crippen MR) is 112 cm³/mol. The lowest BCUT2D eigenvalue weighted by Crippen LogP contribution is -2.46. The number of guanidine groups is 1. The number of benzene rings is 1. The smallest absolute Gasteiger partial charge is 0.269 e. The molecule has 0 spiro atoms. The molecule has 27 heavy (non-hydrogen) atoms. The van der Waals surface area contributed by atoms with E-state index >= 15 is 0 Å². The Labute approximate surface area is 174 Å². The van der Waals surface area contributed by atoms with Crippen LogP contribution in [0.25, 0.3) is 0 Å². The lowest BCUT2D eigenvalue weighted by atomic mass is 10.1. The van der Waals surface area contributed by atoms with Gasteiger partial charge in [-0.3, -0.25) is 10.1 Å². The summed E-state index contributed by atoms with van der Waals surface area (Å²) in [5, 5.41) is 23.8. The summed E-state index contributed by atoms with van der Waals surface area (Å²) in [6.45, 7) is 2.39. The summed E-state index contributed by atoms with van der Waals surface area (Å²) in [6.07, 6.45) is 2.78. The number of non-ortho nitro benzene ring substituents is 1. The molecule has 1 aromatic carbocycles. The van der Waals surface area contributed by atoms with Crippen molar-refractivity contribution >= 4 is 35.6 Å². The number of hydrogen-bond acceptors (Lipinski definition) is 5. The fourth-order valence-corrected chi connectivity index (χ4v) is 2.81. The number of aliphatic hydroxyl groups excluding tert-OH is 1. The van der Waals surface area contributed by atoms with Gasteiger partial charge in [-0.05, 0) is 30.5 Å². The molecular formula is C18H23IN4O4. The van der Waals surface area contributed by atoms with E-state index in [1.54, 1.807) is 18.4 Å². The molecule has 9 heteroatoms. The molecule has 1 aromatic heterocycles. The maximum Gasteiger partial charge on any atom is 0.269 e. The standard InChI is InChI=1S/C18H22N4O4.HI/c23-16-7-9-21(10-8-16)18(20-13-17-2-1-11-26-17)19-12-14-3-5-15(6-4-14)22(24)25;/h1-6,11,16,23H,7-10,12-13H2,(H,19,20);1H. The third-order valence-electron chi connectivity index (χ3n) is 4.32. The topological polar surface area (TPSA) is 104 Å². The highest BCUT2D eigenvalue weighted by Crippen LogP contribution is 2.14. The van der Waals surface area contributed by atoms with Crippen LogP contribution in [0.15, 0.2) is 52.1 Å². The van der Waals surface area contributed by atoms with Gasteiger partial charge in [0.05, 0.1) is 30.4 Å². The van der Waals surface area contributed by atoms with Crippen LogP contribution in [-0.2, 0) is 13.1 Å². The summed E-state index contributed by atoms with van der Waals surface area (Å²) in [4.78, 5) is 17.1. The van der Waals surface area contributed by atoms with Crippen LogP contribution in [0.4, 0.5) is 5.69 Å². The van der Waals surface area contributed by atoms with Gasteiger partial charge in [0.15, 0.2) is 5.96 Å². The third-order valence-corrected chi connectivity index (χ3v) is 4.32. The molecule has 0 amide bonds. The largest absolute Gasteiger partial charge is 0.467 e. The molecule has 0 bridgehead atoms. The fraction of sp³-hybridized carbons (Fsp3) is 0.389. The summed E-state index contributed by atoms with van der Waals surface area (Å²) in [7, 11) is 0. The molecule has 8 nitrogen and oxygen atoms in total. The maximum absolute atomic E-state index is 10.7. The van der Waals surface area contributed by atoms with Gasteiger partial charge in [0.2, 0.25) is 0 Å². The first-order valence-electron chi connectivity index (χ1n) is 8.59. The Bertz CT molecular complexity index is 741. The van der Waals surface area contributed by atoms with Crippen molar-refractivity contribution in [3.05, 3.63) is 64.1 Å². The number of piperidine rings is 1. The number of aliphatic hydroxyl groups is 1. The monoisotopic (exact) mass is 486 g/mol. The first-order valence-corrected chi connectivity index (χ1v) is 8.59. The Morgan fingerprint density at radius 3 is 2.59 bits per heavy atom. The van der Waals surface area contributed by atoms with Crippen LogP contribution in [-0.4, -0.2) is 40.1 Å². The number of nitrogens with one attached hydrogen (secondary N) is 1. The maximum atomic E-state index is 10.7. The van der Waals surface area contributed by atoms with Crippen molar-refractivity contribution in [1.29, 1.82) is 0 Å². The molecule has 1 saturated heterocycles. The number of furan rings is 1. The predicted octanol–water partition coefficient (Wildman–Crippen LogP) is 2.91. The summed E-state index contributed by atoms with van der Waals surface area (Å²) in [5.74, 6) is 1.55. The minimum atomic E-state index is -0.414. The molecule has 2 N–H and O–H groups in total. The number of halogens is 1. The third kappa shape index (κ3) is 6.21. The van der Waals surface area contributed by atoms with Crippen LogP contribution in [0.3, 0.4) is 0 Å². The lowest BCUT2D eigenvalue weighted by Gasteiger charge is -2.32. The molecule has 2 heterocycles. The van der Waals surface area contributed by atoms with E-state index in [4.69, 9.17) is 4.42 Å². The summed E-state index contributed by atoms with van der Waals surface area (Å²) < 4.78 is 5.35. The second-order valence-corrected chi connectivity index (χ2v) is 6.21. The molecule has 146 valence electrons. The fourth-order valence-electron chi connectivity index (χ4n) is 2.81. The van der Waals surface area contributed by atoms with Gasteiger partial charge in [0.25, 0.3) is 5.69 Å². The minimum absolute atomic E-state index is 0. The molecule has 2 aromatic rings. The second kappa shape index (κ2) is 10.3. The highest BCUT2D eigenvalue weighted by molar-refractivity contribution is 14.0. The molecule has 0 radical (unpaired) electrons. The Morgan fingerprint density at radius 2 is 2.00 bits per heavy atom. The Hall–Kier alpha value is -2.14. The normalized spacial score (nSPS) is 15.3. The first-order chi connectivity index (χ1) is 12.6. The van der Waals surface area contributed by atoms with Gasteiger partial charge in [0.1, 0.15) is 5.76 Å². The van der Waals surface area contributed by atoms with E-state index in [9.17, 15) is 15.2 Å². The molecule has 0 saturated carbocycles. The number of hydrogen-bond donors (Lipinski definition) is 2. The van der Waals surface area contributed by atoms with E-state index in [0.29, 0.717) is 25.9 Å². The van der Waals surface area contributed by atoms with Gasteiger partial charge in [-0.2, -0.15) is 0 Å². The molecule has 0 unspecified atom stereocenters. The van der Waals surface area contributed by atoms with Crippen LogP contribution in [0.5, 0.6) is 0 Å². The number of nitrogens with zero attached hydrogens (tertiary/aromatic N) is 3. The lowest BCUT2D eigenvalue weighted by molar-refractivity contribution is -0.384. The summed E-state index contributed by atoms with van der Waals surface area (Å²) >= 11 is 0. The van der Waals surface area contributed by atoms with Crippen LogP contribution >= 0.6 is 24.0 Å². The molecule has 3 rings (SSSR count). The van der Waals surface area contributed by atoms with E-state index in [1.807, 2.05) is 12.1 Å². The van der Waals surface area contributed by atoms with Crippen molar-refractivity contribution in [2.75, 3.05) is 13.1 Å². The number of likely N-dealkylation sites (tertiary alicyclic amines) is 1. The quantitative estimate of drug-likeness (QED) is 0.222. The van der Waals surface area contributed by atoms with Crippen LogP contribution in [0, 0.1) is 10.1 Å². The van der Waals surface area contributed by atoms with Crippen LogP contribution in [0.1, 0.15) is 24.2 Å². The molecule has 1 aliphatic heterocycles. The van der Waals surface area contributed by atoms with Crippen molar-refractivity contribution in [2.45, 2.75) is 32.0 Å². The minimum Gasteiger partial charge on any atom is -0.467 e. The van der Waals surface area contributed by atoms with Crippen molar-refractivity contribution in [2.24, 2.45) is 4.99 Å². The van der Waals surface area contributed by atoms with Crippen molar-refractivity contribution in [3.8, 4) is 0 Å². The second-order valence-electron chi connectivity index (χ2n) is 6.21. The van der Waals surface area contributed by atoms with E-state index in [1.165, 1.54) is 12.1 Å².